The number of benzene rings is 2. The van der Waals surface area contributed by atoms with Crippen molar-refractivity contribution >= 4 is 5.69 Å². The Bertz CT molecular complexity index is 637. The second kappa shape index (κ2) is 5.78. The Labute approximate surface area is 118 Å². The number of anilines is 1. The predicted molar refractivity (Wildman–Crippen MR) is 80.3 cm³/mol. The van der Waals surface area contributed by atoms with E-state index in [1.807, 2.05) is 37.3 Å². The molecule has 2 aromatic carbocycles. The fourth-order valence-electron chi connectivity index (χ4n) is 2.04. The first-order valence-corrected chi connectivity index (χ1v) is 6.44. The van der Waals surface area contributed by atoms with Crippen LogP contribution in [0.4, 0.5) is 10.1 Å². The number of nitrogens with zero attached hydrogens (tertiary/aromatic N) is 1. The molecule has 3 heteroatoms. The Balaban J connectivity index is 2.30. The van der Waals surface area contributed by atoms with Gasteiger partial charge < -0.3 is 10.0 Å². The predicted octanol–water partition coefficient (Wildman–Crippen LogP) is 4.48. The van der Waals surface area contributed by atoms with Crippen LogP contribution in [0.5, 0.6) is 0 Å². The van der Waals surface area contributed by atoms with Gasteiger partial charge in [0.1, 0.15) is 5.82 Å². The number of aryl methyl sites for hydroxylation is 2. The molecule has 1 N–H and O–H groups in total. The summed E-state index contributed by atoms with van der Waals surface area (Å²) in [6.45, 7) is 7.66. The van der Waals surface area contributed by atoms with Crippen molar-refractivity contribution in [2.45, 2.75) is 20.4 Å². The zero-order valence-corrected chi connectivity index (χ0v) is 11.7. The zero-order chi connectivity index (χ0) is 14.7. The average molecular weight is 271 g/mol. The topological polar surface area (TPSA) is 23.5 Å². The zero-order valence-electron chi connectivity index (χ0n) is 11.7. The molecule has 0 heterocycles. The van der Waals surface area contributed by atoms with Gasteiger partial charge in [-0.1, -0.05) is 24.3 Å². The van der Waals surface area contributed by atoms with Crippen molar-refractivity contribution in [1.29, 1.82) is 0 Å². The Morgan fingerprint density at radius 2 is 1.95 bits per heavy atom. The van der Waals surface area contributed by atoms with Crippen LogP contribution < -0.4 is 4.90 Å². The number of aliphatic hydroxyl groups is 1. The van der Waals surface area contributed by atoms with E-state index in [0.29, 0.717) is 12.1 Å². The van der Waals surface area contributed by atoms with E-state index in [4.69, 9.17) is 0 Å². The molecule has 2 aromatic rings. The Kier molecular flexibility index (Phi) is 4.08. The lowest BCUT2D eigenvalue weighted by Crippen LogP contribution is -2.21. The van der Waals surface area contributed by atoms with Gasteiger partial charge in [-0.15, -0.1) is 0 Å². The maximum atomic E-state index is 13.6. The third-order valence-corrected chi connectivity index (χ3v) is 3.20. The molecule has 0 fully saturated rings. The van der Waals surface area contributed by atoms with E-state index < -0.39 is 0 Å². The van der Waals surface area contributed by atoms with Gasteiger partial charge in [0.2, 0.25) is 0 Å². The summed E-state index contributed by atoms with van der Waals surface area (Å²) in [5.41, 5.74) is 3.31. The molecule has 2 nitrogen and oxygen atoms in total. The summed E-state index contributed by atoms with van der Waals surface area (Å²) in [4.78, 5) is 1.65. The van der Waals surface area contributed by atoms with E-state index in [0.717, 1.165) is 16.8 Å². The van der Waals surface area contributed by atoms with Crippen molar-refractivity contribution in [2.24, 2.45) is 0 Å². The van der Waals surface area contributed by atoms with Crippen molar-refractivity contribution in [3.63, 3.8) is 0 Å². The number of hydrogen-bond acceptors (Lipinski definition) is 2. The van der Waals surface area contributed by atoms with Gasteiger partial charge in [0.25, 0.3) is 0 Å². The second-order valence-corrected chi connectivity index (χ2v) is 4.92. The van der Waals surface area contributed by atoms with Gasteiger partial charge in [0.15, 0.2) is 5.88 Å². The molecule has 0 aliphatic rings. The summed E-state index contributed by atoms with van der Waals surface area (Å²) in [7, 11) is 0. The lowest BCUT2D eigenvalue weighted by atomic mass is 10.1. The second-order valence-electron chi connectivity index (χ2n) is 4.92. The van der Waals surface area contributed by atoms with Gasteiger partial charge in [-0.05, 0) is 55.3 Å². The maximum absolute atomic E-state index is 13.6. The molecule has 2 rings (SSSR count). The SMILES string of the molecule is C=C(O)N(Cc1ccc(C)c(F)c1)c1cccc(C)c1. The van der Waals surface area contributed by atoms with Crippen LogP contribution in [-0.4, -0.2) is 5.11 Å². The van der Waals surface area contributed by atoms with E-state index in [1.165, 1.54) is 6.07 Å². The Morgan fingerprint density at radius 3 is 2.55 bits per heavy atom. The minimum atomic E-state index is -0.241. The molecule has 0 aliphatic carbocycles. The quantitative estimate of drug-likeness (QED) is 0.829. The van der Waals surface area contributed by atoms with E-state index in [1.54, 1.807) is 17.9 Å². The summed E-state index contributed by atoms with van der Waals surface area (Å²) in [5, 5.41) is 9.78. The highest BCUT2D eigenvalue weighted by Gasteiger charge is 2.11. The minimum absolute atomic E-state index is 0.0587. The van der Waals surface area contributed by atoms with Crippen LogP contribution in [-0.2, 0) is 6.54 Å². The van der Waals surface area contributed by atoms with Crippen molar-refractivity contribution < 1.29 is 9.50 Å². The van der Waals surface area contributed by atoms with Crippen molar-refractivity contribution in [1.82, 2.24) is 0 Å². The van der Waals surface area contributed by atoms with Crippen LogP contribution >= 0.6 is 0 Å². The molecule has 0 atom stereocenters. The standard InChI is InChI=1S/C17H18FNO/c1-12-5-4-6-16(9-12)19(14(3)20)11-15-8-7-13(2)17(18)10-15/h4-10,20H,3,11H2,1-2H3. The molecule has 0 unspecified atom stereocenters. The summed E-state index contributed by atoms with van der Waals surface area (Å²) < 4.78 is 13.6. The molecule has 0 bridgehead atoms. The van der Waals surface area contributed by atoms with Crippen LogP contribution in [0.25, 0.3) is 0 Å². The van der Waals surface area contributed by atoms with Gasteiger partial charge in [-0.3, -0.25) is 0 Å². The molecule has 0 radical (unpaired) electrons. The first kappa shape index (κ1) is 14.1. The summed E-state index contributed by atoms with van der Waals surface area (Å²) in [5.74, 6) is -0.299. The lowest BCUT2D eigenvalue weighted by Gasteiger charge is -2.23. The largest absolute Gasteiger partial charge is 0.495 e. The molecule has 0 spiro atoms. The minimum Gasteiger partial charge on any atom is -0.495 e. The van der Waals surface area contributed by atoms with Crippen LogP contribution in [0, 0.1) is 19.7 Å². The number of hydrogen-bond donors (Lipinski definition) is 1. The molecular formula is C17H18FNO. The third-order valence-electron chi connectivity index (χ3n) is 3.20. The van der Waals surface area contributed by atoms with Crippen molar-refractivity contribution in [3.8, 4) is 0 Å². The molecule has 0 aromatic heterocycles. The Morgan fingerprint density at radius 1 is 1.20 bits per heavy atom. The fourth-order valence-corrected chi connectivity index (χ4v) is 2.04. The number of halogens is 1. The Hall–Kier alpha value is -2.29. The molecule has 0 aliphatic heterocycles. The molecule has 20 heavy (non-hydrogen) atoms. The van der Waals surface area contributed by atoms with Gasteiger partial charge in [-0.25, -0.2) is 4.39 Å². The third kappa shape index (κ3) is 3.18. The lowest BCUT2D eigenvalue weighted by molar-refractivity contribution is 0.391. The van der Waals surface area contributed by atoms with E-state index in [2.05, 4.69) is 6.58 Å². The molecule has 0 saturated carbocycles. The summed E-state index contributed by atoms with van der Waals surface area (Å²) in [6.07, 6.45) is 0. The van der Waals surface area contributed by atoms with Gasteiger partial charge in [0.05, 0.1) is 6.54 Å². The summed E-state index contributed by atoms with van der Waals surface area (Å²) >= 11 is 0. The molecule has 0 amide bonds. The highest BCUT2D eigenvalue weighted by atomic mass is 19.1. The van der Waals surface area contributed by atoms with Gasteiger partial charge >= 0.3 is 0 Å². The van der Waals surface area contributed by atoms with Crippen LogP contribution in [0.15, 0.2) is 54.9 Å². The number of aliphatic hydroxyl groups excluding tert-OH is 1. The van der Waals surface area contributed by atoms with Crippen LogP contribution in [0.1, 0.15) is 16.7 Å². The van der Waals surface area contributed by atoms with Crippen molar-refractivity contribution in [3.05, 3.63) is 77.4 Å². The first-order chi connectivity index (χ1) is 9.47. The van der Waals surface area contributed by atoms with Crippen molar-refractivity contribution in [2.75, 3.05) is 4.90 Å². The van der Waals surface area contributed by atoms with Crippen LogP contribution in [0.2, 0.25) is 0 Å². The molecule has 0 saturated heterocycles. The van der Waals surface area contributed by atoms with E-state index in [-0.39, 0.29) is 11.7 Å². The smallest absolute Gasteiger partial charge is 0.184 e. The van der Waals surface area contributed by atoms with Gasteiger partial charge in [-0.2, -0.15) is 0 Å². The first-order valence-electron chi connectivity index (χ1n) is 6.44. The monoisotopic (exact) mass is 271 g/mol. The molecular weight excluding hydrogens is 253 g/mol. The molecule has 104 valence electrons. The van der Waals surface area contributed by atoms with E-state index in [9.17, 15) is 9.50 Å². The maximum Gasteiger partial charge on any atom is 0.184 e. The van der Waals surface area contributed by atoms with E-state index >= 15 is 0 Å². The normalized spacial score (nSPS) is 10.3. The number of rotatable bonds is 4. The fraction of sp³-hybridized carbons (Fsp3) is 0.176. The van der Waals surface area contributed by atoms with Crippen LogP contribution in [0.3, 0.4) is 0 Å². The highest BCUT2D eigenvalue weighted by molar-refractivity contribution is 5.52. The van der Waals surface area contributed by atoms with Gasteiger partial charge in [0, 0.05) is 5.69 Å². The summed E-state index contributed by atoms with van der Waals surface area (Å²) in [6, 6.07) is 12.8. The average Bonchev–Trinajstić information content (AvgIpc) is 2.39. The highest BCUT2D eigenvalue weighted by Crippen LogP contribution is 2.22.